The fourth-order valence-electron chi connectivity index (χ4n) is 2.87. The first-order valence-corrected chi connectivity index (χ1v) is 8.89. The first-order chi connectivity index (χ1) is 12.9. The van der Waals surface area contributed by atoms with Crippen LogP contribution >= 0.6 is 15.9 Å². The average Bonchev–Trinajstić information content (AvgIpc) is 2.66. The molecule has 0 radical (unpaired) electrons. The van der Waals surface area contributed by atoms with E-state index in [1.54, 1.807) is 42.5 Å². The molecule has 0 spiro atoms. The summed E-state index contributed by atoms with van der Waals surface area (Å²) >= 11 is 3.31. The summed E-state index contributed by atoms with van der Waals surface area (Å²) in [6.45, 7) is 0. The lowest BCUT2D eigenvalue weighted by molar-refractivity contribution is -0.134. The van der Waals surface area contributed by atoms with Crippen LogP contribution in [0.4, 0.5) is 10.5 Å². The van der Waals surface area contributed by atoms with Crippen molar-refractivity contribution >= 4 is 39.5 Å². The number of rotatable bonds is 5. The zero-order chi connectivity index (χ0) is 19.6. The average molecular weight is 433 g/mol. The van der Waals surface area contributed by atoms with Crippen molar-refractivity contribution in [3.05, 3.63) is 52.5 Å². The molecule has 0 saturated carbocycles. The van der Waals surface area contributed by atoms with Crippen LogP contribution in [-0.2, 0) is 16.0 Å². The van der Waals surface area contributed by atoms with Crippen LogP contribution in [0.5, 0.6) is 11.5 Å². The first kappa shape index (κ1) is 18.9. The van der Waals surface area contributed by atoms with Gasteiger partial charge < -0.3 is 9.47 Å². The molecule has 1 aliphatic heterocycles. The molecule has 4 amide bonds. The van der Waals surface area contributed by atoms with E-state index in [9.17, 15) is 14.4 Å². The summed E-state index contributed by atoms with van der Waals surface area (Å²) in [6, 6.07) is 11.1. The Kier molecular flexibility index (Phi) is 5.46. The minimum atomic E-state index is -1.02. The minimum absolute atomic E-state index is 0.130. The van der Waals surface area contributed by atoms with E-state index in [-0.39, 0.29) is 6.42 Å². The molecule has 1 heterocycles. The van der Waals surface area contributed by atoms with E-state index < -0.39 is 23.8 Å². The molecule has 7 nitrogen and oxygen atoms in total. The van der Waals surface area contributed by atoms with E-state index in [4.69, 9.17) is 9.47 Å². The molecule has 0 bridgehead atoms. The highest BCUT2D eigenvalue weighted by atomic mass is 79.9. The number of amides is 4. The molecule has 8 heteroatoms. The zero-order valence-electron chi connectivity index (χ0n) is 14.7. The lowest BCUT2D eigenvalue weighted by atomic mass is 9.95. The lowest BCUT2D eigenvalue weighted by Crippen LogP contribution is -2.58. The molecule has 3 rings (SSSR count). The third kappa shape index (κ3) is 3.80. The van der Waals surface area contributed by atoms with Crippen molar-refractivity contribution in [2.75, 3.05) is 19.1 Å². The Morgan fingerprint density at radius 1 is 1.00 bits per heavy atom. The van der Waals surface area contributed by atoms with Gasteiger partial charge in [0.15, 0.2) is 11.5 Å². The van der Waals surface area contributed by atoms with E-state index in [0.717, 1.165) is 9.37 Å². The normalized spacial score (nSPS) is 16.9. The maximum Gasteiger partial charge on any atom is 0.335 e. The number of methoxy groups -OCH3 is 2. The Balaban J connectivity index is 1.88. The molecular formula is C19H17BrN2O5. The van der Waals surface area contributed by atoms with Gasteiger partial charge in [0, 0.05) is 4.47 Å². The number of ether oxygens (including phenoxy) is 2. The topological polar surface area (TPSA) is 84.9 Å². The maximum absolute atomic E-state index is 12.9. The number of nitrogens with one attached hydrogen (secondary N) is 1. The summed E-state index contributed by atoms with van der Waals surface area (Å²) in [5, 5.41) is 2.25. The van der Waals surface area contributed by atoms with Crippen LogP contribution in [-0.4, -0.2) is 32.1 Å². The van der Waals surface area contributed by atoms with Crippen LogP contribution in [0.25, 0.3) is 0 Å². The molecule has 1 atom stereocenters. The molecule has 1 N–H and O–H groups in total. The van der Waals surface area contributed by atoms with E-state index in [1.165, 1.54) is 14.2 Å². The smallest absolute Gasteiger partial charge is 0.335 e. The predicted molar refractivity (Wildman–Crippen MR) is 102 cm³/mol. The van der Waals surface area contributed by atoms with Gasteiger partial charge in [-0.05, 0) is 48.4 Å². The Bertz CT molecular complexity index is 897. The number of hydrogen-bond acceptors (Lipinski definition) is 5. The Labute approximate surface area is 164 Å². The van der Waals surface area contributed by atoms with Crippen molar-refractivity contribution in [3.63, 3.8) is 0 Å². The van der Waals surface area contributed by atoms with Gasteiger partial charge in [-0.2, -0.15) is 0 Å². The third-order valence-electron chi connectivity index (χ3n) is 4.24. The molecule has 1 aliphatic rings. The monoisotopic (exact) mass is 432 g/mol. The molecule has 1 saturated heterocycles. The fraction of sp³-hybridized carbons (Fsp3) is 0.211. The van der Waals surface area contributed by atoms with Gasteiger partial charge in [0.05, 0.1) is 19.9 Å². The zero-order valence-corrected chi connectivity index (χ0v) is 16.3. The molecule has 1 unspecified atom stereocenters. The van der Waals surface area contributed by atoms with Gasteiger partial charge in [-0.1, -0.05) is 22.0 Å². The second-order valence-electron chi connectivity index (χ2n) is 5.89. The van der Waals surface area contributed by atoms with Crippen molar-refractivity contribution in [3.8, 4) is 11.5 Å². The van der Waals surface area contributed by atoms with Crippen LogP contribution in [0.3, 0.4) is 0 Å². The molecule has 2 aromatic carbocycles. The number of halogens is 1. The number of carbonyl (C=O) groups excluding carboxylic acids is 3. The lowest BCUT2D eigenvalue weighted by Gasteiger charge is -2.30. The molecular weight excluding hydrogens is 416 g/mol. The standard InChI is InChI=1S/C19H17BrN2O5/c1-26-15-8-3-11(10-16(15)27-2)9-14-17(23)21-19(25)22(18(14)24)13-6-4-12(20)5-7-13/h3-8,10,14H,9H2,1-2H3,(H,21,23,25). The summed E-state index contributed by atoms with van der Waals surface area (Å²) in [5.41, 5.74) is 1.11. The van der Waals surface area contributed by atoms with Gasteiger partial charge in [-0.15, -0.1) is 0 Å². The molecule has 140 valence electrons. The number of nitrogens with zero attached hydrogens (tertiary/aromatic N) is 1. The van der Waals surface area contributed by atoms with Gasteiger partial charge in [0.25, 0.3) is 0 Å². The Morgan fingerprint density at radius 2 is 1.67 bits per heavy atom. The molecule has 1 fully saturated rings. The number of carbonyl (C=O) groups is 3. The summed E-state index contributed by atoms with van der Waals surface area (Å²) in [4.78, 5) is 38.4. The summed E-state index contributed by atoms with van der Waals surface area (Å²) in [5.74, 6) is -1.16. The largest absolute Gasteiger partial charge is 0.493 e. The van der Waals surface area contributed by atoms with E-state index in [0.29, 0.717) is 22.7 Å². The molecule has 27 heavy (non-hydrogen) atoms. The fourth-order valence-corrected chi connectivity index (χ4v) is 3.14. The van der Waals surface area contributed by atoms with Crippen LogP contribution in [0.1, 0.15) is 5.56 Å². The van der Waals surface area contributed by atoms with Crippen LogP contribution in [0, 0.1) is 5.92 Å². The molecule has 0 aromatic heterocycles. The van der Waals surface area contributed by atoms with Gasteiger partial charge in [0.1, 0.15) is 5.92 Å². The third-order valence-corrected chi connectivity index (χ3v) is 4.77. The number of imide groups is 2. The van der Waals surface area contributed by atoms with Crippen molar-refractivity contribution in [1.82, 2.24) is 5.32 Å². The first-order valence-electron chi connectivity index (χ1n) is 8.10. The van der Waals surface area contributed by atoms with Crippen molar-refractivity contribution in [2.24, 2.45) is 5.92 Å². The van der Waals surface area contributed by atoms with Gasteiger partial charge in [0.2, 0.25) is 11.8 Å². The molecule has 2 aromatic rings. The van der Waals surface area contributed by atoms with E-state index >= 15 is 0 Å². The number of benzene rings is 2. The Hall–Kier alpha value is -2.87. The van der Waals surface area contributed by atoms with Gasteiger partial charge >= 0.3 is 6.03 Å². The molecule has 0 aliphatic carbocycles. The number of anilines is 1. The van der Waals surface area contributed by atoms with E-state index in [2.05, 4.69) is 21.2 Å². The van der Waals surface area contributed by atoms with Crippen LogP contribution in [0.15, 0.2) is 46.9 Å². The highest BCUT2D eigenvalue weighted by Gasteiger charge is 2.41. The van der Waals surface area contributed by atoms with Crippen molar-refractivity contribution < 1.29 is 23.9 Å². The van der Waals surface area contributed by atoms with Crippen LogP contribution in [0.2, 0.25) is 0 Å². The highest BCUT2D eigenvalue weighted by molar-refractivity contribution is 9.10. The van der Waals surface area contributed by atoms with Crippen molar-refractivity contribution in [2.45, 2.75) is 6.42 Å². The quantitative estimate of drug-likeness (QED) is 0.734. The van der Waals surface area contributed by atoms with E-state index in [1.807, 2.05) is 0 Å². The maximum atomic E-state index is 12.9. The minimum Gasteiger partial charge on any atom is -0.493 e. The number of urea groups is 1. The summed E-state index contributed by atoms with van der Waals surface area (Å²) in [6.07, 6.45) is 0.130. The predicted octanol–water partition coefficient (Wildman–Crippen LogP) is 2.91. The summed E-state index contributed by atoms with van der Waals surface area (Å²) in [7, 11) is 3.03. The van der Waals surface area contributed by atoms with Crippen LogP contribution < -0.4 is 19.7 Å². The SMILES string of the molecule is COc1ccc(CC2C(=O)NC(=O)N(c3ccc(Br)cc3)C2=O)cc1OC. The van der Waals surface area contributed by atoms with Crippen molar-refractivity contribution in [1.29, 1.82) is 0 Å². The van der Waals surface area contributed by atoms with Gasteiger partial charge in [-0.25, -0.2) is 9.69 Å². The Morgan fingerprint density at radius 3 is 2.30 bits per heavy atom. The second-order valence-corrected chi connectivity index (χ2v) is 6.81. The second kappa shape index (κ2) is 7.79. The number of hydrogen-bond donors (Lipinski definition) is 1. The number of barbiturate groups is 1. The van der Waals surface area contributed by atoms with Gasteiger partial charge in [-0.3, -0.25) is 14.9 Å². The summed E-state index contributed by atoms with van der Waals surface area (Å²) < 4.78 is 11.3. The highest BCUT2D eigenvalue weighted by Crippen LogP contribution is 2.30.